The molecule has 0 spiro atoms. The summed E-state index contributed by atoms with van der Waals surface area (Å²) in [5, 5.41) is 15.0. The van der Waals surface area contributed by atoms with Crippen LogP contribution in [0.3, 0.4) is 0 Å². The molecular formula is C21H28N6O. The molecule has 2 aromatic heterocycles. The van der Waals surface area contributed by atoms with Gasteiger partial charge in [0.2, 0.25) is 0 Å². The zero-order chi connectivity index (χ0) is 19.8. The van der Waals surface area contributed by atoms with Gasteiger partial charge in [0.05, 0.1) is 25.3 Å². The van der Waals surface area contributed by atoms with Crippen LogP contribution < -0.4 is 10.6 Å². The molecule has 0 saturated heterocycles. The van der Waals surface area contributed by atoms with E-state index in [4.69, 9.17) is 9.52 Å². The summed E-state index contributed by atoms with van der Waals surface area (Å²) in [6, 6.07) is 12.2. The second-order valence-corrected chi connectivity index (χ2v) is 6.89. The summed E-state index contributed by atoms with van der Waals surface area (Å²) < 4.78 is 7.31. The number of benzene rings is 1. The second kappa shape index (κ2) is 9.73. The van der Waals surface area contributed by atoms with Gasteiger partial charge in [0.1, 0.15) is 0 Å². The minimum atomic E-state index is 0.352. The lowest BCUT2D eigenvalue weighted by molar-refractivity contribution is 0.372. The highest BCUT2D eigenvalue weighted by Gasteiger charge is 2.08. The Morgan fingerprint density at radius 1 is 1.18 bits per heavy atom. The Bertz CT molecular complexity index is 882. The first-order valence-electron chi connectivity index (χ1n) is 9.67. The molecule has 3 rings (SSSR count). The van der Waals surface area contributed by atoms with E-state index in [1.807, 2.05) is 42.1 Å². The van der Waals surface area contributed by atoms with Gasteiger partial charge in [-0.05, 0) is 30.0 Å². The summed E-state index contributed by atoms with van der Waals surface area (Å²) >= 11 is 0. The average molecular weight is 380 g/mol. The summed E-state index contributed by atoms with van der Waals surface area (Å²) in [4.78, 5) is 4.73. The molecule has 2 N–H and O–H groups in total. The molecule has 0 aliphatic rings. The van der Waals surface area contributed by atoms with Crippen molar-refractivity contribution in [2.75, 3.05) is 6.54 Å². The molecule has 0 bridgehead atoms. The number of aliphatic imine (C=N–C) groups is 1. The van der Waals surface area contributed by atoms with Crippen molar-refractivity contribution in [2.45, 2.75) is 46.3 Å². The first-order chi connectivity index (χ1) is 13.7. The molecule has 3 aromatic rings. The molecule has 28 heavy (non-hydrogen) atoms. The zero-order valence-electron chi connectivity index (χ0n) is 16.7. The summed E-state index contributed by atoms with van der Waals surface area (Å²) in [5.74, 6) is 1.90. The highest BCUT2D eigenvalue weighted by atomic mass is 16.5. The van der Waals surface area contributed by atoms with E-state index in [-0.39, 0.29) is 0 Å². The standard InChI is InChI=1S/C21H28N6O/c1-4-22-21(24-14-19-12-20(16(2)3)26-28-19)23-13-17-8-5-6-9-18(17)15-27-11-7-10-25-27/h5-12,16H,4,13-15H2,1-3H3,(H2,22,23,24). The molecular weight excluding hydrogens is 352 g/mol. The molecule has 148 valence electrons. The SMILES string of the molecule is CCNC(=NCc1ccccc1Cn1cccn1)NCc1cc(C(C)C)no1. The van der Waals surface area contributed by atoms with E-state index < -0.39 is 0 Å². The van der Waals surface area contributed by atoms with Crippen molar-refractivity contribution in [3.63, 3.8) is 0 Å². The fourth-order valence-electron chi connectivity index (χ4n) is 2.80. The van der Waals surface area contributed by atoms with Crippen LogP contribution in [0.15, 0.2) is 58.3 Å². The van der Waals surface area contributed by atoms with Gasteiger partial charge in [-0.25, -0.2) is 4.99 Å². The normalized spacial score (nSPS) is 11.8. The molecule has 0 fully saturated rings. The Morgan fingerprint density at radius 3 is 2.68 bits per heavy atom. The Hall–Kier alpha value is -3.09. The Labute approximate surface area is 165 Å². The lowest BCUT2D eigenvalue weighted by Gasteiger charge is -2.12. The second-order valence-electron chi connectivity index (χ2n) is 6.89. The van der Waals surface area contributed by atoms with Gasteiger partial charge in [-0.15, -0.1) is 0 Å². The topological polar surface area (TPSA) is 80.3 Å². The van der Waals surface area contributed by atoms with Crippen molar-refractivity contribution in [2.24, 2.45) is 4.99 Å². The predicted octanol–water partition coefficient (Wildman–Crippen LogP) is 3.30. The van der Waals surface area contributed by atoms with E-state index in [9.17, 15) is 0 Å². The van der Waals surface area contributed by atoms with E-state index in [2.05, 4.69) is 46.9 Å². The number of nitrogens with zero attached hydrogens (tertiary/aromatic N) is 4. The third kappa shape index (κ3) is 5.45. The Kier molecular flexibility index (Phi) is 6.84. The molecule has 0 radical (unpaired) electrons. The summed E-state index contributed by atoms with van der Waals surface area (Å²) in [6.07, 6.45) is 3.76. The highest BCUT2D eigenvalue weighted by Crippen LogP contribution is 2.14. The minimum absolute atomic E-state index is 0.352. The molecule has 2 heterocycles. The quantitative estimate of drug-likeness (QED) is 0.463. The lowest BCUT2D eigenvalue weighted by Crippen LogP contribution is -2.36. The van der Waals surface area contributed by atoms with E-state index in [0.29, 0.717) is 19.0 Å². The molecule has 0 amide bonds. The zero-order valence-corrected chi connectivity index (χ0v) is 16.7. The first kappa shape index (κ1) is 19.7. The maximum absolute atomic E-state index is 5.39. The van der Waals surface area contributed by atoms with E-state index in [0.717, 1.165) is 30.5 Å². The van der Waals surface area contributed by atoms with Gasteiger partial charge in [-0.1, -0.05) is 43.3 Å². The number of hydrogen-bond acceptors (Lipinski definition) is 4. The van der Waals surface area contributed by atoms with Gasteiger partial charge in [-0.2, -0.15) is 5.10 Å². The van der Waals surface area contributed by atoms with Crippen molar-refractivity contribution in [3.05, 3.63) is 71.4 Å². The van der Waals surface area contributed by atoms with Crippen molar-refractivity contribution >= 4 is 5.96 Å². The Morgan fingerprint density at radius 2 is 2.00 bits per heavy atom. The Balaban J connectivity index is 1.65. The first-order valence-corrected chi connectivity index (χ1v) is 9.67. The number of rotatable bonds is 8. The van der Waals surface area contributed by atoms with Gasteiger partial charge in [0, 0.05) is 25.0 Å². The predicted molar refractivity (Wildman–Crippen MR) is 110 cm³/mol. The largest absolute Gasteiger partial charge is 0.359 e. The summed E-state index contributed by atoms with van der Waals surface area (Å²) in [6.45, 7) is 8.89. The average Bonchev–Trinajstić information content (AvgIpc) is 3.37. The van der Waals surface area contributed by atoms with E-state index in [1.165, 1.54) is 11.1 Å². The molecule has 0 saturated carbocycles. The van der Waals surface area contributed by atoms with Crippen molar-refractivity contribution in [1.82, 2.24) is 25.6 Å². The van der Waals surface area contributed by atoms with Crippen LogP contribution in [0, 0.1) is 0 Å². The van der Waals surface area contributed by atoms with Crippen molar-refractivity contribution in [3.8, 4) is 0 Å². The van der Waals surface area contributed by atoms with Gasteiger partial charge >= 0.3 is 0 Å². The van der Waals surface area contributed by atoms with Gasteiger partial charge in [-0.3, -0.25) is 4.68 Å². The third-order valence-electron chi connectivity index (χ3n) is 4.36. The van der Waals surface area contributed by atoms with Gasteiger partial charge in [0.25, 0.3) is 0 Å². The number of guanidine groups is 1. The van der Waals surface area contributed by atoms with Gasteiger partial charge in [0.15, 0.2) is 11.7 Å². The fourth-order valence-corrected chi connectivity index (χ4v) is 2.80. The minimum Gasteiger partial charge on any atom is -0.359 e. The van der Waals surface area contributed by atoms with E-state index >= 15 is 0 Å². The maximum Gasteiger partial charge on any atom is 0.191 e. The third-order valence-corrected chi connectivity index (χ3v) is 4.36. The monoisotopic (exact) mass is 380 g/mol. The van der Waals surface area contributed by atoms with Crippen LogP contribution in [0.5, 0.6) is 0 Å². The molecule has 0 atom stereocenters. The highest BCUT2D eigenvalue weighted by molar-refractivity contribution is 5.79. The van der Waals surface area contributed by atoms with Gasteiger partial charge < -0.3 is 15.2 Å². The molecule has 7 heteroatoms. The smallest absolute Gasteiger partial charge is 0.191 e. The van der Waals surface area contributed by atoms with E-state index in [1.54, 1.807) is 6.20 Å². The molecule has 0 aliphatic heterocycles. The van der Waals surface area contributed by atoms with Crippen LogP contribution >= 0.6 is 0 Å². The fraction of sp³-hybridized carbons (Fsp3) is 0.381. The van der Waals surface area contributed by atoms with Crippen LogP contribution in [-0.4, -0.2) is 27.4 Å². The van der Waals surface area contributed by atoms with Crippen LogP contribution in [0.4, 0.5) is 0 Å². The van der Waals surface area contributed by atoms with Crippen LogP contribution in [-0.2, 0) is 19.6 Å². The lowest BCUT2D eigenvalue weighted by atomic mass is 10.1. The van der Waals surface area contributed by atoms with Crippen LogP contribution in [0.2, 0.25) is 0 Å². The maximum atomic E-state index is 5.39. The number of aromatic nitrogens is 3. The molecule has 0 aliphatic carbocycles. The van der Waals surface area contributed by atoms with Crippen molar-refractivity contribution in [1.29, 1.82) is 0 Å². The van der Waals surface area contributed by atoms with Crippen LogP contribution in [0.25, 0.3) is 0 Å². The molecule has 1 aromatic carbocycles. The summed E-state index contributed by atoms with van der Waals surface area (Å²) in [5.41, 5.74) is 3.35. The van der Waals surface area contributed by atoms with Crippen molar-refractivity contribution < 1.29 is 4.52 Å². The number of nitrogens with one attached hydrogen (secondary N) is 2. The van der Waals surface area contributed by atoms with Crippen LogP contribution in [0.1, 0.15) is 49.3 Å². The molecule has 7 nitrogen and oxygen atoms in total. The summed E-state index contributed by atoms with van der Waals surface area (Å²) in [7, 11) is 0. The number of hydrogen-bond donors (Lipinski definition) is 2. The molecule has 0 unspecified atom stereocenters.